The lowest BCUT2D eigenvalue weighted by Gasteiger charge is -2.38. The molecule has 0 unspecified atom stereocenters. The van der Waals surface area contributed by atoms with Crippen molar-refractivity contribution in [1.82, 2.24) is 0 Å². The van der Waals surface area contributed by atoms with Crippen LogP contribution in [0.2, 0.25) is 0 Å². The van der Waals surface area contributed by atoms with Crippen LogP contribution < -0.4 is 0 Å². The Hall–Kier alpha value is -2.31. The van der Waals surface area contributed by atoms with E-state index in [1.165, 1.54) is 103 Å². The highest BCUT2D eigenvalue weighted by atomic mass is 31.1. The minimum absolute atomic E-state index is 0.0431. The molecule has 3 aliphatic carbocycles. The molecule has 0 heterocycles. The molecule has 6 rings (SSSR count). The van der Waals surface area contributed by atoms with Gasteiger partial charge in [-0.1, -0.05) is 129 Å². The molecule has 2 nitrogen and oxygen atoms in total. The maximum atomic E-state index is 5.59. The van der Waals surface area contributed by atoms with Crippen molar-refractivity contribution in [3.63, 3.8) is 0 Å². The van der Waals surface area contributed by atoms with Crippen LogP contribution in [-0.2, 0) is 0 Å². The molecular weight excluding hydrogens is 515 g/mol. The number of benzene rings is 3. The van der Waals surface area contributed by atoms with E-state index in [1.54, 1.807) is 0 Å². The molecule has 0 aromatic heterocycles. The van der Waals surface area contributed by atoms with E-state index in [0.29, 0.717) is 11.8 Å². The first kappa shape index (κ1) is 28.8. The van der Waals surface area contributed by atoms with Gasteiger partial charge in [-0.15, -0.1) is 0 Å². The van der Waals surface area contributed by atoms with Crippen molar-refractivity contribution in [1.29, 1.82) is 0 Å². The standard InChI is InChI=1S/C38H49N2P/c1-26(2)31-20-13-21-32(27(3)4)36(31)40-38-34-23-12-15-28-14-11-22-33(35(28)34)37(38)39-24-25-41(29-16-7-5-8-17-29)30-18-9-6-10-19-30/h11-15,20-23,26-27,29-30H,5-10,16-19,24-25H2,1-4H3. The summed E-state index contributed by atoms with van der Waals surface area (Å²) in [5.41, 5.74) is 10.6. The monoisotopic (exact) mass is 564 g/mol. The van der Waals surface area contributed by atoms with Gasteiger partial charge in [0.15, 0.2) is 0 Å². The molecule has 3 aliphatic rings. The van der Waals surface area contributed by atoms with Crippen LogP contribution in [0.25, 0.3) is 10.8 Å². The van der Waals surface area contributed by atoms with E-state index in [-0.39, 0.29) is 7.92 Å². The second-order valence-electron chi connectivity index (χ2n) is 13.3. The largest absolute Gasteiger partial charge is 0.282 e. The maximum Gasteiger partial charge on any atom is 0.0974 e. The molecule has 2 fully saturated rings. The fourth-order valence-electron chi connectivity index (χ4n) is 7.78. The SMILES string of the molecule is CC(C)c1cccc(C(C)C)c1N=C1C(=NCCP(C2CCCCC2)C2CCCCC2)c2cccc3cccc1c23. The minimum atomic E-state index is 0.0431. The Labute approximate surface area is 249 Å². The Morgan fingerprint density at radius 1 is 0.659 bits per heavy atom. The zero-order valence-electron chi connectivity index (χ0n) is 25.8. The number of rotatable bonds is 8. The normalized spacial score (nSPS) is 20.5. The summed E-state index contributed by atoms with van der Waals surface area (Å²) >= 11 is 0. The van der Waals surface area contributed by atoms with Crippen LogP contribution in [0.4, 0.5) is 5.69 Å². The summed E-state index contributed by atoms with van der Waals surface area (Å²) in [5, 5.41) is 2.63. The van der Waals surface area contributed by atoms with E-state index in [1.807, 2.05) is 0 Å². The minimum Gasteiger partial charge on any atom is -0.282 e. The van der Waals surface area contributed by atoms with Gasteiger partial charge >= 0.3 is 0 Å². The zero-order chi connectivity index (χ0) is 28.3. The van der Waals surface area contributed by atoms with Gasteiger partial charge in [-0.25, -0.2) is 4.99 Å². The Morgan fingerprint density at radius 3 is 1.71 bits per heavy atom. The molecule has 0 radical (unpaired) electrons. The molecule has 3 aromatic carbocycles. The molecule has 216 valence electrons. The van der Waals surface area contributed by atoms with E-state index in [0.717, 1.165) is 35.0 Å². The first-order valence-electron chi connectivity index (χ1n) is 16.6. The highest BCUT2D eigenvalue weighted by Crippen LogP contribution is 2.55. The second kappa shape index (κ2) is 12.9. The molecule has 0 aliphatic heterocycles. The van der Waals surface area contributed by atoms with Gasteiger partial charge in [-0.3, -0.25) is 4.99 Å². The lowest BCUT2D eigenvalue weighted by atomic mass is 9.92. The molecule has 0 atom stereocenters. The summed E-state index contributed by atoms with van der Waals surface area (Å²) in [6, 6.07) is 20.2. The summed E-state index contributed by atoms with van der Waals surface area (Å²) < 4.78 is 0. The van der Waals surface area contributed by atoms with Crippen molar-refractivity contribution >= 4 is 35.8 Å². The lowest BCUT2D eigenvalue weighted by molar-refractivity contribution is 0.484. The van der Waals surface area contributed by atoms with Gasteiger partial charge in [0.2, 0.25) is 0 Å². The quantitative estimate of drug-likeness (QED) is 0.243. The van der Waals surface area contributed by atoms with Crippen LogP contribution in [0, 0.1) is 0 Å². The molecular formula is C38H49N2P. The molecule has 3 aromatic rings. The topological polar surface area (TPSA) is 24.7 Å². The Kier molecular flexibility index (Phi) is 9.07. The lowest BCUT2D eigenvalue weighted by Crippen LogP contribution is -2.23. The van der Waals surface area contributed by atoms with Crippen LogP contribution >= 0.6 is 7.92 Å². The van der Waals surface area contributed by atoms with Crippen molar-refractivity contribution in [2.24, 2.45) is 9.98 Å². The molecule has 0 spiro atoms. The molecule has 0 N–H and O–H groups in total. The van der Waals surface area contributed by atoms with Crippen LogP contribution in [0.1, 0.15) is 126 Å². The molecule has 3 heteroatoms. The van der Waals surface area contributed by atoms with Gasteiger partial charge in [0.25, 0.3) is 0 Å². The van der Waals surface area contributed by atoms with Gasteiger partial charge in [0, 0.05) is 23.1 Å². The molecule has 0 amide bonds. The molecule has 0 saturated heterocycles. The predicted molar refractivity (Wildman–Crippen MR) is 182 cm³/mol. The van der Waals surface area contributed by atoms with Crippen LogP contribution in [0.15, 0.2) is 64.6 Å². The van der Waals surface area contributed by atoms with Gasteiger partial charge < -0.3 is 0 Å². The van der Waals surface area contributed by atoms with E-state index in [4.69, 9.17) is 9.98 Å². The van der Waals surface area contributed by atoms with E-state index < -0.39 is 0 Å². The second-order valence-corrected chi connectivity index (χ2v) is 16.3. The fraction of sp³-hybridized carbons (Fsp3) is 0.526. The number of para-hydroxylation sites is 1. The smallest absolute Gasteiger partial charge is 0.0974 e. The van der Waals surface area contributed by atoms with Crippen LogP contribution in [-0.4, -0.2) is 35.4 Å². The Bertz CT molecular complexity index is 1370. The van der Waals surface area contributed by atoms with Crippen molar-refractivity contribution in [2.75, 3.05) is 12.7 Å². The summed E-state index contributed by atoms with van der Waals surface area (Å²) in [4.78, 5) is 11.1. The average Bonchev–Trinajstić information content (AvgIpc) is 3.29. The zero-order valence-corrected chi connectivity index (χ0v) is 26.7. The Balaban J connectivity index is 1.40. The van der Waals surface area contributed by atoms with Gasteiger partial charge in [-0.05, 0) is 71.5 Å². The van der Waals surface area contributed by atoms with Gasteiger partial charge in [0.1, 0.15) is 0 Å². The molecule has 41 heavy (non-hydrogen) atoms. The van der Waals surface area contributed by atoms with Crippen molar-refractivity contribution in [2.45, 2.75) is 115 Å². The third kappa shape index (κ3) is 5.97. The predicted octanol–water partition coefficient (Wildman–Crippen LogP) is 11.2. The number of hydrogen-bond donors (Lipinski definition) is 0. The molecule has 2 saturated carbocycles. The number of nitrogens with zero attached hydrogens (tertiary/aromatic N) is 2. The fourth-order valence-corrected chi connectivity index (χ4v) is 11.5. The number of aliphatic imine (C=N–C) groups is 2. The van der Waals surface area contributed by atoms with Crippen molar-refractivity contribution < 1.29 is 0 Å². The van der Waals surface area contributed by atoms with Crippen LogP contribution in [0.3, 0.4) is 0 Å². The summed E-state index contributed by atoms with van der Waals surface area (Å²) in [5.74, 6) is 0.838. The summed E-state index contributed by atoms with van der Waals surface area (Å²) in [7, 11) is 0.0431. The van der Waals surface area contributed by atoms with Crippen molar-refractivity contribution in [3.05, 3.63) is 76.9 Å². The maximum absolute atomic E-state index is 5.59. The first-order chi connectivity index (χ1) is 20.0. The highest BCUT2D eigenvalue weighted by Gasteiger charge is 2.32. The number of hydrogen-bond acceptors (Lipinski definition) is 2. The van der Waals surface area contributed by atoms with Gasteiger partial charge in [0.05, 0.1) is 17.1 Å². The highest BCUT2D eigenvalue weighted by molar-refractivity contribution is 7.59. The van der Waals surface area contributed by atoms with Crippen molar-refractivity contribution in [3.8, 4) is 0 Å². The van der Waals surface area contributed by atoms with Gasteiger partial charge in [-0.2, -0.15) is 0 Å². The van der Waals surface area contributed by atoms with E-state index in [9.17, 15) is 0 Å². The summed E-state index contributed by atoms with van der Waals surface area (Å²) in [6.45, 7) is 10.1. The summed E-state index contributed by atoms with van der Waals surface area (Å²) in [6.07, 6.45) is 15.9. The third-order valence-electron chi connectivity index (χ3n) is 9.92. The van der Waals surface area contributed by atoms with Crippen LogP contribution in [0.5, 0.6) is 0 Å². The molecule has 0 bridgehead atoms. The average molecular weight is 565 g/mol. The Morgan fingerprint density at radius 2 is 1.17 bits per heavy atom. The van der Waals surface area contributed by atoms with E-state index >= 15 is 0 Å². The first-order valence-corrected chi connectivity index (χ1v) is 18.2. The third-order valence-corrected chi connectivity index (χ3v) is 13.5. The van der Waals surface area contributed by atoms with E-state index in [2.05, 4.69) is 82.3 Å².